The second-order valence-electron chi connectivity index (χ2n) is 8.33. The number of nitrogens with zero attached hydrogens (tertiary/aromatic N) is 1. The number of fused-ring (bicyclic) bond motifs is 1. The molecule has 3 rings (SSSR count). The van der Waals surface area contributed by atoms with Gasteiger partial charge in [-0.2, -0.15) is 0 Å². The van der Waals surface area contributed by atoms with Crippen molar-refractivity contribution < 1.29 is 18.8 Å². The lowest BCUT2D eigenvalue weighted by atomic mass is 9.77. The Hall–Kier alpha value is -1.06. The lowest BCUT2D eigenvalue weighted by Crippen LogP contribution is -2.38. The number of hydrogen-bond acceptors (Lipinski definition) is 4. The van der Waals surface area contributed by atoms with Crippen LogP contribution < -0.4 is 5.46 Å². The number of carbonyl (C=O) groups is 1. The number of rotatable bonds is 1. The molecule has 0 aliphatic carbocycles. The van der Waals surface area contributed by atoms with Gasteiger partial charge in [-0.15, -0.1) is 0 Å². The zero-order valence-corrected chi connectivity index (χ0v) is 18.5. The van der Waals surface area contributed by atoms with E-state index in [0.717, 1.165) is 22.1 Å². The zero-order valence-electron chi connectivity index (χ0n) is 16.3. The Bertz CT molecular complexity index is 850. The van der Waals surface area contributed by atoms with E-state index >= 15 is 0 Å². The highest BCUT2D eigenvalue weighted by atomic mass is 127. The Morgan fingerprint density at radius 2 is 1.81 bits per heavy atom. The Balaban J connectivity index is 2.14. The third-order valence-electron chi connectivity index (χ3n) is 4.78. The minimum absolute atomic E-state index is 0.396. The molecule has 0 amide bonds. The maximum absolute atomic E-state index is 12.8. The van der Waals surface area contributed by atoms with Crippen molar-refractivity contribution in [2.75, 3.05) is 0 Å². The predicted octanol–water partition coefficient (Wildman–Crippen LogP) is 4.40. The fourth-order valence-corrected chi connectivity index (χ4v) is 3.45. The van der Waals surface area contributed by atoms with Crippen LogP contribution in [0, 0.1) is 6.92 Å². The molecule has 0 N–H and O–H groups in total. The second kappa shape index (κ2) is 6.24. The average molecular weight is 469 g/mol. The summed E-state index contributed by atoms with van der Waals surface area (Å²) in [6.07, 6.45) is -0.396. The molecule has 26 heavy (non-hydrogen) atoms. The SMILES string of the molecule is Cc1c(B2OC(C)(C)C(C)(I)O2)c2ccccc2n1C(=O)OC(C)(C)C. The van der Waals surface area contributed by atoms with E-state index in [1.54, 1.807) is 4.57 Å². The van der Waals surface area contributed by atoms with Crippen molar-refractivity contribution in [3.8, 4) is 0 Å². The Morgan fingerprint density at radius 1 is 1.19 bits per heavy atom. The molecule has 5 nitrogen and oxygen atoms in total. The van der Waals surface area contributed by atoms with Crippen LogP contribution in [0.3, 0.4) is 0 Å². The van der Waals surface area contributed by atoms with Crippen LogP contribution >= 0.6 is 22.6 Å². The van der Waals surface area contributed by atoms with E-state index in [4.69, 9.17) is 14.0 Å². The number of halogens is 1. The topological polar surface area (TPSA) is 49.7 Å². The van der Waals surface area contributed by atoms with Crippen LogP contribution in [-0.2, 0) is 14.0 Å². The van der Waals surface area contributed by atoms with Gasteiger partial charge in [0.2, 0.25) is 0 Å². The van der Waals surface area contributed by atoms with E-state index in [1.807, 2.05) is 72.7 Å². The van der Waals surface area contributed by atoms with Gasteiger partial charge in [-0.3, -0.25) is 4.57 Å². The molecular weight excluding hydrogens is 444 g/mol. The summed E-state index contributed by atoms with van der Waals surface area (Å²) in [7, 11) is -0.541. The second-order valence-corrected chi connectivity index (χ2v) is 10.4. The number of para-hydroxylation sites is 1. The van der Waals surface area contributed by atoms with Crippen LogP contribution in [0.1, 0.15) is 47.2 Å². The number of benzene rings is 1. The van der Waals surface area contributed by atoms with Crippen LogP contribution in [0.15, 0.2) is 24.3 Å². The standard InChI is InChI=1S/C19H25BINO4/c1-12-15(20-25-18(5,6)19(7,21)26-20)13-10-8-9-11-14(13)22(12)16(23)24-17(2,3)4/h8-11H,1-7H3. The number of carbonyl (C=O) groups excluding carboxylic acids is 1. The molecule has 1 aromatic heterocycles. The van der Waals surface area contributed by atoms with Gasteiger partial charge in [0.25, 0.3) is 0 Å². The number of hydrogen-bond donors (Lipinski definition) is 0. The summed E-state index contributed by atoms with van der Waals surface area (Å²) in [5.41, 5.74) is 1.41. The van der Waals surface area contributed by atoms with Gasteiger partial charge >= 0.3 is 13.2 Å². The molecule has 1 unspecified atom stereocenters. The van der Waals surface area contributed by atoms with Gasteiger partial charge in [0.05, 0.1) is 11.1 Å². The van der Waals surface area contributed by atoms with Crippen molar-refractivity contribution in [2.24, 2.45) is 0 Å². The Kier molecular flexibility index (Phi) is 4.73. The molecule has 0 radical (unpaired) electrons. The van der Waals surface area contributed by atoms with Crippen molar-refractivity contribution in [1.82, 2.24) is 4.57 Å². The lowest BCUT2D eigenvalue weighted by Gasteiger charge is -2.30. The van der Waals surface area contributed by atoms with E-state index in [-0.39, 0.29) is 0 Å². The molecule has 1 atom stereocenters. The van der Waals surface area contributed by atoms with Crippen LogP contribution in [-0.4, -0.2) is 32.6 Å². The van der Waals surface area contributed by atoms with Crippen molar-refractivity contribution in [1.29, 1.82) is 0 Å². The monoisotopic (exact) mass is 469 g/mol. The van der Waals surface area contributed by atoms with E-state index in [0.29, 0.717) is 0 Å². The molecule has 140 valence electrons. The van der Waals surface area contributed by atoms with Crippen molar-refractivity contribution in [3.05, 3.63) is 30.0 Å². The third kappa shape index (κ3) is 3.29. The molecule has 1 saturated heterocycles. The highest BCUT2D eigenvalue weighted by molar-refractivity contribution is 14.1. The summed E-state index contributed by atoms with van der Waals surface area (Å²) in [4.78, 5) is 12.8. The summed E-state index contributed by atoms with van der Waals surface area (Å²) in [6, 6.07) is 7.77. The smallest absolute Gasteiger partial charge is 0.443 e. The van der Waals surface area contributed by atoms with Gasteiger partial charge in [0.15, 0.2) is 0 Å². The summed E-state index contributed by atoms with van der Waals surface area (Å²) in [5.74, 6) is 0. The summed E-state index contributed by atoms with van der Waals surface area (Å²) in [5, 5.41) is 0.936. The molecule has 7 heteroatoms. The minimum Gasteiger partial charge on any atom is -0.443 e. The first kappa shape index (κ1) is 19.7. The van der Waals surface area contributed by atoms with Gasteiger partial charge in [0.1, 0.15) is 9.21 Å². The highest BCUT2D eigenvalue weighted by Crippen LogP contribution is 2.42. The Morgan fingerprint density at radius 3 is 2.35 bits per heavy atom. The molecule has 0 spiro atoms. The maximum atomic E-state index is 12.8. The normalized spacial score (nSPS) is 22.8. The zero-order chi connectivity index (χ0) is 19.5. The van der Waals surface area contributed by atoms with Crippen LogP contribution in [0.2, 0.25) is 0 Å². The molecule has 0 saturated carbocycles. The fourth-order valence-electron chi connectivity index (χ4n) is 3.09. The van der Waals surface area contributed by atoms with Crippen LogP contribution in [0.25, 0.3) is 10.9 Å². The molecule has 1 aliphatic rings. The third-order valence-corrected chi connectivity index (χ3v) is 6.33. The molecule has 2 aromatic rings. The largest absolute Gasteiger partial charge is 0.497 e. The van der Waals surface area contributed by atoms with Crippen LogP contribution in [0.4, 0.5) is 4.79 Å². The maximum Gasteiger partial charge on any atom is 0.497 e. The summed E-state index contributed by atoms with van der Waals surface area (Å²) in [6.45, 7) is 13.5. The molecule has 1 aromatic carbocycles. The van der Waals surface area contributed by atoms with E-state index in [2.05, 4.69) is 22.6 Å². The van der Waals surface area contributed by atoms with Crippen LogP contribution in [0.5, 0.6) is 0 Å². The molecule has 1 aliphatic heterocycles. The first-order valence-electron chi connectivity index (χ1n) is 8.72. The lowest BCUT2D eigenvalue weighted by molar-refractivity contribution is 0.0542. The summed E-state index contributed by atoms with van der Waals surface area (Å²) < 4.78 is 19.2. The average Bonchev–Trinajstić information content (AvgIpc) is 2.86. The highest BCUT2D eigenvalue weighted by Gasteiger charge is 2.54. The van der Waals surface area contributed by atoms with Gasteiger partial charge in [-0.1, -0.05) is 18.2 Å². The van der Waals surface area contributed by atoms with Crippen molar-refractivity contribution in [3.63, 3.8) is 0 Å². The van der Waals surface area contributed by atoms with Gasteiger partial charge in [-0.05, 0) is 77.1 Å². The van der Waals surface area contributed by atoms with Crippen molar-refractivity contribution >= 4 is 52.2 Å². The quantitative estimate of drug-likeness (QED) is 0.353. The van der Waals surface area contributed by atoms with Crippen molar-refractivity contribution in [2.45, 2.75) is 63.3 Å². The van der Waals surface area contributed by atoms with Gasteiger partial charge < -0.3 is 14.0 Å². The summed E-state index contributed by atoms with van der Waals surface area (Å²) >= 11 is 2.28. The number of aromatic nitrogens is 1. The first-order valence-corrected chi connectivity index (χ1v) is 9.80. The fraction of sp³-hybridized carbons (Fsp3) is 0.526. The van der Waals surface area contributed by atoms with Gasteiger partial charge in [0, 0.05) is 16.5 Å². The number of ether oxygens (including phenoxy) is 1. The molecular formula is C19H25BINO4. The molecule has 2 heterocycles. The molecule has 0 bridgehead atoms. The first-order chi connectivity index (χ1) is 11.8. The van der Waals surface area contributed by atoms with Gasteiger partial charge in [-0.25, -0.2) is 4.79 Å². The minimum atomic E-state index is -0.571. The predicted molar refractivity (Wildman–Crippen MR) is 112 cm³/mol. The Labute approximate surface area is 168 Å². The molecule has 1 fully saturated rings. The van der Waals surface area contributed by atoms with E-state index < -0.39 is 28.0 Å². The van der Waals surface area contributed by atoms with E-state index in [9.17, 15) is 4.79 Å². The number of alkyl halides is 1. The van der Waals surface area contributed by atoms with E-state index in [1.165, 1.54) is 0 Å².